The minimum absolute atomic E-state index is 0.199. The molecule has 1 aliphatic heterocycles. The van der Waals surface area contributed by atoms with Crippen LogP contribution in [0.5, 0.6) is 0 Å². The van der Waals surface area contributed by atoms with Crippen molar-refractivity contribution in [2.75, 3.05) is 16.8 Å². The summed E-state index contributed by atoms with van der Waals surface area (Å²) < 4.78 is 31.9. The molecule has 1 saturated heterocycles. The number of para-hydroxylation sites is 1. The van der Waals surface area contributed by atoms with Gasteiger partial charge in [0.15, 0.2) is 0 Å². The van der Waals surface area contributed by atoms with Gasteiger partial charge in [0.2, 0.25) is 11.0 Å². The number of amides is 1. The standard InChI is InChI=1S/C15H16F2N4OS/c1-8(2)13-19-15(23-20-13)18-11-6-7-21(14(11)22)12-9(16)4-3-5-10(12)17/h3-5,8,11H,6-7H2,1-2H3,(H,18,19,20). The summed E-state index contributed by atoms with van der Waals surface area (Å²) in [5, 5.41) is 3.56. The van der Waals surface area contributed by atoms with Crippen molar-refractivity contribution in [2.45, 2.75) is 32.2 Å². The summed E-state index contributed by atoms with van der Waals surface area (Å²) in [6.07, 6.45) is 0.448. The highest BCUT2D eigenvalue weighted by atomic mass is 32.1. The molecule has 0 bridgehead atoms. The van der Waals surface area contributed by atoms with Crippen LogP contribution >= 0.6 is 11.5 Å². The van der Waals surface area contributed by atoms with Crippen molar-refractivity contribution in [3.8, 4) is 0 Å². The number of carbonyl (C=O) groups excluding carboxylic acids is 1. The molecule has 1 fully saturated rings. The number of nitrogens with one attached hydrogen (secondary N) is 1. The first-order valence-corrected chi connectivity index (χ1v) is 8.10. The lowest BCUT2D eigenvalue weighted by Crippen LogP contribution is -2.34. The predicted octanol–water partition coefficient (Wildman–Crippen LogP) is 3.16. The Labute approximate surface area is 136 Å². The average molecular weight is 338 g/mol. The lowest BCUT2D eigenvalue weighted by Gasteiger charge is -2.18. The Bertz CT molecular complexity index is 714. The number of anilines is 2. The van der Waals surface area contributed by atoms with E-state index in [0.29, 0.717) is 17.4 Å². The van der Waals surface area contributed by atoms with Crippen molar-refractivity contribution in [1.29, 1.82) is 0 Å². The van der Waals surface area contributed by atoms with Crippen LogP contribution in [0.3, 0.4) is 0 Å². The Morgan fingerprint density at radius 2 is 2.04 bits per heavy atom. The van der Waals surface area contributed by atoms with Crippen molar-refractivity contribution in [3.05, 3.63) is 35.7 Å². The van der Waals surface area contributed by atoms with Crippen molar-refractivity contribution in [3.63, 3.8) is 0 Å². The number of hydrogen-bond donors (Lipinski definition) is 1. The Balaban J connectivity index is 1.76. The summed E-state index contributed by atoms with van der Waals surface area (Å²) in [6.45, 7) is 4.22. The van der Waals surface area contributed by atoms with Crippen LogP contribution in [0.1, 0.15) is 32.0 Å². The van der Waals surface area contributed by atoms with E-state index in [0.717, 1.165) is 17.0 Å². The van der Waals surface area contributed by atoms with E-state index < -0.39 is 17.7 Å². The number of benzene rings is 1. The highest BCUT2D eigenvalue weighted by Gasteiger charge is 2.35. The third-order valence-electron chi connectivity index (χ3n) is 3.67. The van der Waals surface area contributed by atoms with E-state index in [1.807, 2.05) is 13.8 Å². The van der Waals surface area contributed by atoms with E-state index in [1.165, 1.54) is 17.6 Å². The minimum Gasteiger partial charge on any atom is -0.348 e. The number of carbonyl (C=O) groups is 1. The van der Waals surface area contributed by atoms with Gasteiger partial charge in [-0.05, 0) is 18.6 Å². The van der Waals surface area contributed by atoms with Gasteiger partial charge < -0.3 is 10.2 Å². The van der Waals surface area contributed by atoms with Crippen molar-refractivity contribution < 1.29 is 13.6 Å². The molecule has 1 N–H and O–H groups in total. The third-order valence-corrected chi connectivity index (χ3v) is 4.33. The molecule has 1 amide bonds. The monoisotopic (exact) mass is 338 g/mol. The van der Waals surface area contributed by atoms with Gasteiger partial charge in [-0.1, -0.05) is 19.9 Å². The molecule has 1 aromatic carbocycles. The molecule has 2 aromatic rings. The molecule has 2 heterocycles. The molecule has 23 heavy (non-hydrogen) atoms. The average Bonchev–Trinajstić information content (AvgIpc) is 3.09. The van der Waals surface area contributed by atoms with Crippen LogP contribution in [0, 0.1) is 11.6 Å². The second kappa shape index (κ2) is 6.19. The molecule has 122 valence electrons. The summed E-state index contributed by atoms with van der Waals surface area (Å²) in [5.41, 5.74) is -0.290. The Morgan fingerprint density at radius 3 is 2.65 bits per heavy atom. The van der Waals surface area contributed by atoms with Gasteiger partial charge in [0.05, 0.1) is 0 Å². The SMILES string of the molecule is CC(C)c1nsc(NC2CCN(c3c(F)cccc3F)C2=O)n1. The molecule has 1 aromatic heterocycles. The zero-order chi connectivity index (χ0) is 16.6. The van der Waals surface area contributed by atoms with Crippen molar-refractivity contribution in [2.24, 2.45) is 0 Å². The molecular weight excluding hydrogens is 322 g/mol. The minimum atomic E-state index is -0.739. The maximum Gasteiger partial charge on any atom is 0.249 e. The molecule has 0 aliphatic carbocycles. The summed E-state index contributed by atoms with van der Waals surface area (Å²) in [5.74, 6) is -0.936. The Kier molecular flexibility index (Phi) is 4.25. The van der Waals surface area contributed by atoms with E-state index in [9.17, 15) is 13.6 Å². The number of hydrogen-bond acceptors (Lipinski definition) is 5. The summed E-state index contributed by atoms with van der Waals surface area (Å²) in [4.78, 5) is 17.9. The fourth-order valence-electron chi connectivity index (χ4n) is 2.46. The quantitative estimate of drug-likeness (QED) is 0.930. The Hall–Kier alpha value is -2.09. The third kappa shape index (κ3) is 3.03. The van der Waals surface area contributed by atoms with E-state index in [1.54, 1.807) is 0 Å². The zero-order valence-electron chi connectivity index (χ0n) is 12.7. The van der Waals surface area contributed by atoms with Gasteiger partial charge in [-0.15, -0.1) is 0 Å². The van der Waals surface area contributed by atoms with Crippen LogP contribution in [0.2, 0.25) is 0 Å². The van der Waals surface area contributed by atoms with Gasteiger partial charge in [0.25, 0.3) is 0 Å². The molecule has 8 heteroatoms. The predicted molar refractivity (Wildman–Crippen MR) is 84.7 cm³/mol. The molecule has 3 rings (SSSR count). The lowest BCUT2D eigenvalue weighted by atomic mass is 10.2. The van der Waals surface area contributed by atoms with Gasteiger partial charge >= 0.3 is 0 Å². The van der Waals surface area contributed by atoms with Gasteiger partial charge in [-0.2, -0.15) is 4.37 Å². The van der Waals surface area contributed by atoms with Gasteiger partial charge in [-0.3, -0.25) is 4.79 Å². The van der Waals surface area contributed by atoms with Gasteiger partial charge in [-0.25, -0.2) is 13.8 Å². The largest absolute Gasteiger partial charge is 0.348 e. The molecule has 0 radical (unpaired) electrons. The van der Waals surface area contributed by atoms with Crippen molar-refractivity contribution in [1.82, 2.24) is 9.36 Å². The second-order valence-corrected chi connectivity index (χ2v) is 6.41. The highest BCUT2D eigenvalue weighted by molar-refractivity contribution is 7.09. The Morgan fingerprint density at radius 1 is 1.35 bits per heavy atom. The fraction of sp³-hybridized carbons (Fsp3) is 0.400. The van der Waals surface area contributed by atoms with E-state index in [-0.39, 0.29) is 24.1 Å². The molecule has 0 spiro atoms. The second-order valence-electron chi connectivity index (χ2n) is 5.66. The smallest absolute Gasteiger partial charge is 0.249 e. The van der Waals surface area contributed by atoms with Crippen LogP contribution in [-0.4, -0.2) is 27.9 Å². The normalized spacial score (nSPS) is 18.0. The molecule has 5 nitrogen and oxygen atoms in total. The molecule has 1 unspecified atom stereocenters. The maximum atomic E-state index is 13.8. The first-order valence-electron chi connectivity index (χ1n) is 7.33. The summed E-state index contributed by atoms with van der Waals surface area (Å²) >= 11 is 1.18. The fourth-order valence-corrected chi connectivity index (χ4v) is 3.22. The van der Waals surface area contributed by atoms with E-state index >= 15 is 0 Å². The molecule has 0 saturated carbocycles. The highest BCUT2D eigenvalue weighted by Crippen LogP contribution is 2.29. The van der Waals surface area contributed by atoms with Crippen LogP contribution < -0.4 is 10.2 Å². The zero-order valence-corrected chi connectivity index (χ0v) is 13.5. The van der Waals surface area contributed by atoms with Crippen LogP contribution in [0.15, 0.2) is 18.2 Å². The van der Waals surface area contributed by atoms with Crippen molar-refractivity contribution >= 4 is 28.3 Å². The summed E-state index contributed by atoms with van der Waals surface area (Å²) in [7, 11) is 0. The van der Waals surface area contributed by atoms with Crippen LogP contribution in [0.4, 0.5) is 19.6 Å². The molecule has 1 aliphatic rings. The topological polar surface area (TPSA) is 58.1 Å². The number of aromatic nitrogens is 2. The number of rotatable bonds is 4. The molecule has 1 atom stereocenters. The summed E-state index contributed by atoms with van der Waals surface area (Å²) in [6, 6.07) is 3.01. The molecular formula is C15H16F2N4OS. The van der Waals surface area contributed by atoms with Gasteiger partial charge in [0.1, 0.15) is 29.2 Å². The van der Waals surface area contributed by atoms with E-state index in [2.05, 4.69) is 14.7 Å². The number of nitrogens with zero attached hydrogens (tertiary/aromatic N) is 3. The van der Waals surface area contributed by atoms with Gasteiger partial charge in [0, 0.05) is 24.0 Å². The first-order chi connectivity index (χ1) is 11.0. The number of halogens is 2. The van der Waals surface area contributed by atoms with Crippen LogP contribution in [0.25, 0.3) is 0 Å². The van der Waals surface area contributed by atoms with Crippen LogP contribution in [-0.2, 0) is 4.79 Å². The van der Waals surface area contributed by atoms with E-state index in [4.69, 9.17) is 0 Å². The maximum absolute atomic E-state index is 13.8. The first kappa shape index (κ1) is 15.8. The lowest BCUT2D eigenvalue weighted by molar-refractivity contribution is -0.117.